The van der Waals surface area contributed by atoms with Crippen LogP contribution in [0.2, 0.25) is 0 Å². The minimum Gasteiger partial charge on any atom is -0.326 e. The van der Waals surface area contributed by atoms with Crippen molar-refractivity contribution in [1.82, 2.24) is 5.01 Å². The molecule has 0 radical (unpaired) electrons. The summed E-state index contributed by atoms with van der Waals surface area (Å²) in [5, 5.41) is 21.8. The van der Waals surface area contributed by atoms with E-state index in [9.17, 15) is 32.9 Å². The molecule has 174 valence electrons. The zero-order chi connectivity index (χ0) is 24.6. The number of anilines is 2. The first-order valence-corrected chi connectivity index (χ1v) is 9.67. The fourth-order valence-electron chi connectivity index (χ4n) is 3.37. The van der Waals surface area contributed by atoms with Gasteiger partial charge in [0.2, 0.25) is 5.91 Å². The minimum atomic E-state index is -4.96. The molecule has 0 saturated carbocycles. The minimum absolute atomic E-state index is 0.161. The summed E-state index contributed by atoms with van der Waals surface area (Å²) < 4.78 is 39.7. The van der Waals surface area contributed by atoms with Crippen LogP contribution in [-0.4, -0.2) is 40.0 Å². The van der Waals surface area contributed by atoms with E-state index in [4.69, 9.17) is 0 Å². The molecule has 1 unspecified atom stereocenters. The molecule has 1 heterocycles. The summed E-state index contributed by atoms with van der Waals surface area (Å²) in [5.74, 6) is -0.842. The number of carbonyl (C=O) groups is 2. The topological polar surface area (TPSA) is 117 Å². The number of carbonyl (C=O) groups excluding carboxylic acids is 2. The molecule has 1 atom stereocenters. The number of nitrogens with zero attached hydrogens (tertiary/aromatic N) is 3. The summed E-state index contributed by atoms with van der Waals surface area (Å²) in [6.07, 6.45) is -4.80. The largest absolute Gasteiger partial charge is 0.423 e. The quantitative estimate of drug-likeness (QED) is 0.513. The third-order valence-electron chi connectivity index (χ3n) is 5.28. The van der Waals surface area contributed by atoms with Gasteiger partial charge in [-0.05, 0) is 36.8 Å². The molecule has 1 aliphatic heterocycles. The van der Waals surface area contributed by atoms with E-state index in [1.54, 1.807) is 38.2 Å². The molecule has 2 N–H and O–H groups in total. The first kappa shape index (κ1) is 23.7. The maximum Gasteiger partial charge on any atom is 0.423 e. The van der Waals surface area contributed by atoms with E-state index in [2.05, 4.69) is 15.7 Å². The van der Waals surface area contributed by atoms with Crippen LogP contribution in [0.25, 0.3) is 0 Å². The Kier molecular flexibility index (Phi) is 6.12. The van der Waals surface area contributed by atoms with E-state index in [0.717, 1.165) is 6.07 Å². The molecule has 0 saturated heterocycles. The molecule has 1 aliphatic rings. The predicted molar refractivity (Wildman–Crippen MR) is 115 cm³/mol. The van der Waals surface area contributed by atoms with Gasteiger partial charge in [-0.25, -0.2) is 0 Å². The zero-order valence-electron chi connectivity index (χ0n) is 17.9. The van der Waals surface area contributed by atoms with Crippen LogP contribution in [0, 0.1) is 10.1 Å². The smallest absolute Gasteiger partial charge is 0.326 e. The van der Waals surface area contributed by atoms with Gasteiger partial charge in [0, 0.05) is 37.8 Å². The van der Waals surface area contributed by atoms with E-state index < -0.39 is 33.8 Å². The van der Waals surface area contributed by atoms with Gasteiger partial charge in [-0.2, -0.15) is 18.3 Å². The second-order valence-corrected chi connectivity index (χ2v) is 7.72. The van der Waals surface area contributed by atoms with E-state index in [1.807, 2.05) is 0 Å². The van der Waals surface area contributed by atoms with Crippen molar-refractivity contribution in [2.75, 3.05) is 17.7 Å². The highest BCUT2D eigenvalue weighted by molar-refractivity contribution is 6.09. The summed E-state index contributed by atoms with van der Waals surface area (Å²) in [4.78, 5) is 33.9. The van der Waals surface area contributed by atoms with Crippen molar-refractivity contribution in [2.24, 2.45) is 5.10 Å². The first-order chi connectivity index (χ1) is 15.3. The summed E-state index contributed by atoms with van der Waals surface area (Å²) in [7, 11) is 1.56. The monoisotopic (exact) mass is 463 g/mol. The molecule has 12 heteroatoms. The van der Waals surface area contributed by atoms with Crippen molar-refractivity contribution in [1.29, 1.82) is 0 Å². The fraction of sp³-hybridized carbons (Fsp3) is 0.286. The number of nitro groups is 1. The fourth-order valence-corrected chi connectivity index (χ4v) is 3.37. The second-order valence-electron chi connectivity index (χ2n) is 7.72. The van der Waals surface area contributed by atoms with Gasteiger partial charge in [-0.3, -0.25) is 24.7 Å². The number of alkyl halides is 3. The SMILES string of the molecule is CC(=O)Nc1ccc(C2=NN(C)C(C)(C(=O)Nc3ccc([N+](=O)[O-])c(C(F)(F)F)c3)C2)cc1. The Balaban J connectivity index is 1.80. The Morgan fingerprint density at radius 3 is 2.27 bits per heavy atom. The zero-order valence-corrected chi connectivity index (χ0v) is 17.9. The molecular formula is C21H20F3N5O4. The number of amides is 2. The average molecular weight is 463 g/mol. The van der Waals surface area contributed by atoms with Crippen LogP contribution in [0.3, 0.4) is 0 Å². The standard InChI is InChI=1S/C21H20F3N5O4/c1-12(30)25-14-6-4-13(5-7-14)17-11-20(2,28(3)27-17)19(31)26-15-8-9-18(29(32)33)16(10-15)21(22,23)24/h4-10H,11H2,1-3H3,(H,25,30)(H,26,31). The maximum atomic E-state index is 13.2. The highest BCUT2D eigenvalue weighted by Crippen LogP contribution is 2.38. The molecule has 2 amide bonds. The number of benzene rings is 2. The summed E-state index contributed by atoms with van der Waals surface area (Å²) >= 11 is 0. The second kappa shape index (κ2) is 8.52. The molecular weight excluding hydrogens is 443 g/mol. The Morgan fingerprint density at radius 1 is 1.12 bits per heavy atom. The number of nitro benzene ring substituents is 1. The summed E-state index contributed by atoms with van der Waals surface area (Å²) in [6.45, 7) is 2.97. The van der Waals surface area contributed by atoms with Crippen LogP contribution in [0.4, 0.5) is 30.2 Å². The van der Waals surface area contributed by atoms with E-state index in [-0.39, 0.29) is 18.0 Å². The van der Waals surface area contributed by atoms with Gasteiger partial charge in [0.1, 0.15) is 11.1 Å². The molecule has 0 bridgehead atoms. The Hall–Kier alpha value is -3.96. The molecule has 2 aromatic carbocycles. The van der Waals surface area contributed by atoms with Gasteiger partial charge < -0.3 is 10.6 Å². The van der Waals surface area contributed by atoms with Crippen molar-refractivity contribution in [3.8, 4) is 0 Å². The molecule has 0 fully saturated rings. The number of nitrogens with one attached hydrogen (secondary N) is 2. The molecule has 0 aliphatic carbocycles. The summed E-state index contributed by atoms with van der Waals surface area (Å²) in [5.41, 5.74) is -2.11. The first-order valence-electron chi connectivity index (χ1n) is 9.67. The van der Waals surface area contributed by atoms with Gasteiger partial charge in [0.15, 0.2) is 0 Å². The van der Waals surface area contributed by atoms with Crippen LogP contribution in [-0.2, 0) is 15.8 Å². The van der Waals surface area contributed by atoms with Gasteiger partial charge in [-0.15, -0.1) is 0 Å². The third kappa shape index (κ3) is 4.94. The lowest BCUT2D eigenvalue weighted by molar-refractivity contribution is -0.388. The Labute approximate surface area is 186 Å². The number of rotatable bonds is 5. The van der Waals surface area contributed by atoms with Gasteiger partial charge >= 0.3 is 6.18 Å². The van der Waals surface area contributed by atoms with Crippen LogP contribution in [0.15, 0.2) is 47.6 Å². The highest BCUT2D eigenvalue weighted by Gasteiger charge is 2.44. The van der Waals surface area contributed by atoms with E-state index in [1.165, 1.54) is 11.9 Å². The van der Waals surface area contributed by atoms with Crippen LogP contribution >= 0.6 is 0 Å². The predicted octanol–water partition coefficient (Wildman–Crippen LogP) is 4.01. The van der Waals surface area contributed by atoms with Gasteiger partial charge in [0.25, 0.3) is 11.6 Å². The Morgan fingerprint density at radius 2 is 1.73 bits per heavy atom. The number of likely N-dealkylation sites (N-methyl/N-ethyl adjacent to an activating group) is 1. The molecule has 33 heavy (non-hydrogen) atoms. The van der Waals surface area contributed by atoms with Crippen molar-refractivity contribution in [2.45, 2.75) is 32.0 Å². The summed E-state index contributed by atoms with van der Waals surface area (Å²) in [6, 6.07) is 9.12. The van der Waals surface area contributed by atoms with Crippen molar-refractivity contribution >= 4 is 34.6 Å². The normalized spacial score (nSPS) is 18.0. The molecule has 0 aromatic heterocycles. The van der Waals surface area contributed by atoms with Crippen molar-refractivity contribution in [3.05, 3.63) is 63.7 Å². The van der Waals surface area contributed by atoms with Crippen LogP contribution < -0.4 is 10.6 Å². The number of hydrogen-bond donors (Lipinski definition) is 2. The maximum absolute atomic E-state index is 13.2. The number of hydrazone groups is 1. The van der Waals surface area contributed by atoms with Crippen molar-refractivity contribution in [3.63, 3.8) is 0 Å². The molecule has 3 rings (SSSR count). The van der Waals surface area contributed by atoms with Gasteiger partial charge in [0.05, 0.1) is 10.6 Å². The lowest BCUT2D eigenvalue weighted by Gasteiger charge is -2.30. The Bertz CT molecular complexity index is 1150. The van der Waals surface area contributed by atoms with Gasteiger partial charge in [-0.1, -0.05) is 12.1 Å². The van der Waals surface area contributed by atoms with E-state index >= 15 is 0 Å². The van der Waals surface area contributed by atoms with Crippen LogP contribution in [0.5, 0.6) is 0 Å². The third-order valence-corrected chi connectivity index (χ3v) is 5.28. The molecule has 0 spiro atoms. The lowest BCUT2D eigenvalue weighted by atomic mass is 9.92. The number of halogens is 3. The molecule has 2 aromatic rings. The highest BCUT2D eigenvalue weighted by atomic mass is 19.4. The average Bonchev–Trinajstić information content (AvgIpc) is 3.03. The van der Waals surface area contributed by atoms with Crippen LogP contribution in [0.1, 0.15) is 31.4 Å². The lowest BCUT2D eigenvalue weighted by Crippen LogP contribution is -2.48. The van der Waals surface area contributed by atoms with Crippen molar-refractivity contribution < 1.29 is 27.7 Å². The number of hydrogen-bond acceptors (Lipinski definition) is 6. The molecule has 9 nitrogen and oxygen atoms in total. The van der Waals surface area contributed by atoms with E-state index in [0.29, 0.717) is 29.1 Å².